The molecule has 3 rings (SSSR count). The van der Waals surface area contributed by atoms with E-state index in [2.05, 4.69) is 43.3 Å². The smallest absolute Gasteiger partial charge is 0.117 e. The van der Waals surface area contributed by atoms with Gasteiger partial charge in [0.25, 0.3) is 0 Å². The zero-order chi connectivity index (χ0) is 16.3. The van der Waals surface area contributed by atoms with E-state index < -0.39 is 5.60 Å². The standard InChI is InChI=1S/C21H27NO/c1-22(2)20-15-13-19(14-16-20)21(23,17-9-5-3-6-10-17)18-11-7-4-8-12-18/h3-12,19-20,23H,13-16H2,1-2H3. The van der Waals surface area contributed by atoms with Gasteiger partial charge >= 0.3 is 0 Å². The van der Waals surface area contributed by atoms with Crippen LogP contribution in [0.1, 0.15) is 36.8 Å². The molecule has 23 heavy (non-hydrogen) atoms. The van der Waals surface area contributed by atoms with Crippen LogP contribution in [0.15, 0.2) is 60.7 Å². The molecule has 0 aliphatic heterocycles. The maximum absolute atomic E-state index is 11.8. The lowest BCUT2D eigenvalue weighted by molar-refractivity contribution is -0.0102. The molecule has 2 heteroatoms. The van der Waals surface area contributed by atoms with E-state index in [1.165, 1.54) is 0 Å². The highest BCUT2D eigenvalue weighted by Crippen LogP contribution is 2.44. The first kappa shape index (κ1) is 16.2. The highest BCUT2D eigenvalue weighted by molar-refractivity contribution is 5.37. The topological polar surface area (TPSA) is 23.5 Å². The molecule has 2 nitrogen and oxygen atoms in total. The van der Waals surface area contributed by atoms with E-state index in [0.717, 1.165) is 36.8 Å². The van der Waals surface area contributed by atoms with Crippen molar-refractivity contribution in [2.75, 3.05) is 14.1 Å². The minimum Gasteiger partial charge on any atom is -0.380 e. The second-order valence-electron chi connectivity index (χ2n) is 6.97. The van der Waals surface area contributed by atoms with Gasteiger partial charge in [-0.15, -0.1) is 0 Å². The first-order valence-electron chi connectivity index (χ1n) is 8.62. The summed E-state index contributed by atoms with van der Waals surface area (Å²) in [5.74, 6) is 0.267. The number of rotatable bonds is 4. The fourth-order valence-electron chi connectivity index (χ4n) is 4.03. The van der Waals surface area contributed by atoms with E-state index in [9.17, 15) is 5.11 Å². The van der Waals surface area contributed by atoms with E-state index in [-0.39, 0.29) is 5.92 Å². The second-order valence-corrected chi connectivity index (χ2v) is 6.97. The summed E-state index contributed by atoms with van der Waals surface area (Å²) in [6.07, 6.45) is 4.42. The van der Waals surface area contributed by atoms with Crippen LogP contribution in [0.5, 0.6) is 0 Å². The normalized spacial score (nSPS) is 22.3. The SMILES string of the molecule is CN(C)C1CCC(C(O)(c2ccccc2)c2ccccc2)CC1. The quantitative estimate of drug-likeness (QED) is 0.921. The Kier molecular flexibility index (Phi) is 4.84. The first-order valence-corrected chi connectivity index (χ1v) is 8.62. The van der Waals surface area contributed by atoms with Crippen LogP contribution in [0, 0.1) is 5.92 Å². The van der Waals surface area contributed by atoms with Crippen LogP contribution in [0.4, 0.5) is 0 Å². The Hall–Kier alpha value is -1.64. The molecule has 0 heterocycles. The van der Waals surface area contributed by atoms with Crippen molar-refractivity contribution in [1.82, 2.24) is 4.90 Å². The third-order valence-corrected chi connectivity index (χ3v) is 5.45. The molecule has 0 unspecified atom stereocenters. The molecule has 0 aromatic heterocycles. The molecule has 0 bridgehead atoms. The lowest BCUT2D eigenvalue weighted by Gasteiger charge is -2.42. The summed E-state index contributed by atoms with van der Waals surface area (Å²) < 4.78 is 0. The van der Waals surface area contributed by atoms with Crippen LogP contribution in [-0.4, -0.2) is 30.1 Å². The number of hydrogen-bond acceptors (Lipinski definition) is 2. The molecule has 1 N–H and O–H groups in total. The van der Waals surface area contributed by atoms with Gasteiger partial charge in [0.1, 0.15) is 5.60 Å². The molecule has 2 aromatic rings. The van der Waals surface area contributed by atoms with Crippen LogP contribution in [0.3, 0.4) is 0 Å². The van der Waals surface area contributed by atoms with Crippen LogP contribution >= 0.6 is 0 Å². The maximum atomic E-state index is 11.8. The molecule has 1 fully saturated rings. The van der Waals surface area contributed by atoms with Gasteiger partial charge < -0.3 is 10.0 Å². The largest absolute Gasteiger partial charge is 0.380 e. The Morgan fingerprint density at radius 3 is 1.61 bits per heavy atom. The maximum Gasteiger partial charge on any atom is 0.117 e. The third kappa shape index (κ3) is 3.19. The average molecular weight is 309 g/mol. The summed E-state index contributed by atoms with van der Waals surface area (Å²) in [6.45, 7) is 0. The predicted molar refractivity (Wildman–Crippen MR) is 95.3 cm³/mol. The van der Waals surface area contributed by atoms with Crippen LogP contribution in [0.2, 0.25) is 0 Å². The highest BCUT2D eigenvalue weighted by atomic mass is 16.3. The Labute approximate surface area is 139 Å². The van der Waals surface area contributed by atoms with Gasteiger partial charge in [0.15, 0.2) is 0 Å². The molecule has 2 aromatic carbocycles. The Bertz CT molecular complexity index is 561. The van der Waals surface area contributed by atoms with Gasteiger partial charge in [-0.25, -0.2) is 0 Å². The summed E-state index contributed by atoms with van der Waals surface area (Å²) in [5.41, 5.74) is 1.14. The molecular formula is C21H27NO. The van der Waals surface area contributed by atoms with E-state index in [1.54, 1.807) is 0 Å². The van der Waals surface area contributed by atoms with Gasteiger partial charge in [-0.2, -0.15) is 0 Å². The Morgan fingerprint density at radius 2 is 1.22 bits per heavy atom. The molecule has 1 aliphatic rings. The Balaban J connectivity index is 1.94. The van der Waals surface area contributed by atoms with Crippen molar-refractivity contribution >= 4 is 0 Å². The minimum atomic E-state index is -0.889. The van der Waals surface area contributed by atoms with E-state index in [4.69, 9.17) is 0 Å². The van der Waals surface area contributed by atoms with Crippen LogP contribution < -0.4 is 0 Å². The van der Waals surface area contributed by atoms with Crippen molar-refractivity contribution in [3.05, 3.63) is 71.8 Å². The lowest BCUT2D eigenvalue weighted by Crippen LogP contribution is -2.41. The number of hydrogen-bond donors (Lipinski definition) is 1. The minimum absolute atomic E-state index is 0.267. The van der Waals surface area contributed by atoms with Gasteiger partial charge in [-0.3, -0.25) is 0 Å². The fraction of sp³-hybridized carbons (Fsp3) is 0.429. The molecular weight excluding hydrogens is 282 g/mol. The summed E-state index contributed by atoms with van der Waals surface area (Å²) in [5, 5.41) is 11.8. The molecule has 1 saturated carbocycles. The van der Waals surface area contributed by atoms with Crippen molar-refractivity contribution in [3.8, 4) is 0 Å². The number of aliphatic hydroxyl groups is 1. The van der Waals surface area contributed by atoms with Gasteiger partial charge in [0, 0.05) is 6.04 Å². The van der Waals surface area contributed by atoms with Crippen molar-refractivity contribution < 1.29 is 5.11 Å². The zero-order valence-electron chi connectivity index (χ0n) is 14.2. The van der Waals surface area contributed by atoms with Crippen LogP contribution in [-0.2, 0) is 5.60 Å². The van der Waals surface area contributed by atoms with Crippen molar-refractivity contribution in [2.24, 2.45) is 5.92 Å². The summed E-state index contributed by atoms with van der Waals surface area (Å²) in [6, 6.07) is 21.0. The fourth-order valence-corrected chi connectivity index (χ4v) is 4.03. The van der Waals surface area contributed by atoms with Gasteiger partial charge in [-0.1, -0.05) is 60.7 Å². The lowest BCUT2D eigenvalue weighted by atomic mass is 9.69. The molecule has 0 spiro atoms. The molecule has 0 saturated heterocycles. The van der Waals surface area contributed by atoms with Crippen molar-refractivity contribution in [3.63, 3.8) is 0 Å². The molecule has 0 atom stereocenters. The number of nitrogens with zero attached hydrogens (tertiary/aromatic N) is 1. The predicted octanol–water partition coefficient (Wildman–Crippen LogP) is 4.04. The summed E-state index contributed by atoms with van der Waals surface area (Å²) in [7, 11) is 4.32. The number of benzene rings is 2. The van der Waals surface area contributed by atoms with E-state index in [1.807, 2.05) is 36.4 Å². The van der Waals surface area contributed by atoms with Gasteiger partial charge in [0.2, 0.25) is 0 Å². The third-order valence-electron chi connectivity index (χ3n) is 5.45. The monoisotopic (exact) mass is 309 g/mol. The summed E-state index contributed by atoms with van der Waals surface area (Å²) >= 11 is 0. The van der Waals surface area contributed by atoms with Gasteiger partial charge in [0.05, 0.1) is 0 Å². The van der Waals surface area contributed by atoms with Crippen molar-refractivity contribution in [2.45, 2.75) is 37.3 Å². The molecule has 0 amide bonds. The zero-order valence-corrected chi connectivity index (χ0v) is 14.2. The molecule has 122 valence electrons. The highest BCUT2D eigenvalue weighted by Gasteiger charge is 2.41. The molecule has 0 radical (unpaired) electrons. The van der Waals surface area contributed by atoms with E-state index in [0.29, 0.717) is 6.04 Å². The van der Waals surface area contributed by atoms with Gasteiger partial charge in [-0.05, 0) is 56.8 Å². The summed E-state index contributed by atoms with van der Waals surface area (Å²) in [4.78, 5) is 2.32. The van der Waals surface area contributed by atoms with Crippen LogP contribution in [0.25, 0.3) is 0 Å². The molecule has 1 aliphatic carbocycles. The first-order chi connectivity index (χ1) is 11.1. The Morgan fingerprint density at radius 1 is 0.783 bits per heavy atom. The van der Waals surface area contributed by atoms with E-state index >= 15 is 0 Å². The van der Waals surface area contributed by atoms with Crippen molar-refractivity contribution in [1.29, 1.82) is 0 Å². The average Bonchev–Trinajstić information content (AvgIpc) is 2.62. The second kappa shape index (κ2) is 6.86.